The lowest BCUT2D eigenvalue weighted by Gasteiger charge is -2.41. The van der Waals surface area contributed by atoms with Crippen LogP contribution < -0.4 is 15.5 Å². The molecule has 2 aliphatic heterocycles. The number of hydrogen-bond acceptors (Lipinski definition) is 11. The fourth-order valence-corrected chi connectivity index (χ4v) is 5.15. The monoisotopic (exact) mass is 604 g/mol. The Morgan fingerprint density at radius 1 is 1.02 bits per heavy atom. The Labute approximate surface area is 245 Å². The SMILES string of the molecule is CC(=Cc1ccc(O[C@H]2C[C@H](O)[C@@H](C(=O)NOCc3ccccc3)O2)c(F)c1)C(=O)N[C@@H]1C(O)C(O)C2OCO[C@H]2[C@@H]1O. The van der Waals surface area contributed by atoms with Gasteiger partial charge in [-0.1, -0.05) is 36.4 Å². The normalized spacial score (nSPS) is 32.2. The van der Waals surface area contributed by atoms with Crippen LogP contribution >= 0.6 is 0 Å². The number of benzene rings is 2. The third-order valence-corrected chi connectivity index (χ3v) is 7.45. The molecule has 0 spiro atoms. The molecule has 5 rings (SSSR count). The van der Waals surface area contributed by atoms with Gasteiger partial charge in [0.1, 0.15) is 37.3 Å². The predicted octanol–water partition coefficient (Wildman–Crippen LogP) is -0.346. The van der Waals surface area contributed by atoms with Gasteiger partial charge in [-0.25, -0.2) is 9.87 Å². The van der Waals surface area contributed by atoms with Crippen molar-refractivity contribution in [2.75, 3.05) is 6.79 Å². The molecule has 13 nitrogen and oxygen atoms in total. The van der Waals surface area contributed by atoms with Crippen LogP contribution in [0.4, 0.5) is 4.39 Å². The lowest BCUT2D eigenvalue weighted by molar-refractivity contribution is -0.156. The van der Waals surface area contributed by atoms with Crippen LogP contribution in [0.25, 0.3) is 6.08 Å². The third-order valence-electron chi connectivity index (χ3n) is 7.45. The van der Waals surface area contributed by atoms with E-state index in [4.69, 9.17) is 23.8 Å². The lowest BCUT2D eigenvalue weighted by Crippen LogP contribution is -2.67. The van der Waals surface area contributed by atoms with Crippen molar-refractivity contribution in [3.05, 3.63) is 71.0 Å². The van der Waals surface area contributed by atoms with E-state index < -0.39 is 72.7 Å². The number of ether oxygens (including phenoxy) is 4. The van der Waals surface area contributed by atoms with Crippen LogP contribution in [0.15, 0.2) is 54.1 Å². The second-order valence-corrected chi connectivity index (χ2v) is 10.5. The number of carbonyl (C=O) groups is 2. The number of hydroxylamine groups is 1. The molecule has 3 unspecified atom stereocenters. The summed E-state index contributed by atoms with van der Waals surface area (Å²) in [6.07, 6.45) is -8.38. The zero-order valence-corrected chi connectivity index (χ0v) is 23.0. The van der Waals surface area contributed by atoms with Gasteiger partial charge in [0.05, 0.1) is 18.8 Å². The molecular formula is C29H33FN2O11. The van der Waals surface area contributed by atoms with E-state index >= 15 is 0 Å². The van der Waals surface area contributed by atoms with E-state index in [1.807, 2.05) is 30.3 Å². The van der Waals surface area contributed by atoms with E-state index in [0.717, 1.165) is 11.6 Å². The minimum absolute atomic E-state index is 0.0938. The number of hydrogen-bond donors (Lipinski definition) is 6. The Bertz CT molecular complexity index is 1330. The number of fused-ring (bicyclic) bond motifs is 1. The van der Waals surface area contributed by atoms with E-state index in [9.17, 15) is 34.4 Å². The van der Waals surface area contributed by atoms with Crippen molar-refractivity contribution in [3.8, 4) is 5.75 Å². The Morgan fingerprint density at radius 3 is 2.47 bits per heavy atom. The molecule has 232 valence electrons. The molecule has 0 aromatic heterocycles. The van der Waals surface area contributed by atoms with Crippen molar-refractivity contribution in [3.63, 3.8) is 0 Å². The summed E-state index contributed by atoms with van der Waals surface area (Å²) in [4.78, 5) is 30.4. The van der Waals surface area contributed by atoms with Crippen molar-refractivity contribution in [1.29, 1.82) is 0 Å². The van der Waals surface area contributed by atoms with E-state index in [1.54, 1.807) is 0 Å². The van der Waals surface area contributed by atoms with E-state index in [-0.39, 0.29) is 31.1 Å². The zero-order chi connectivity index (χ0) is 30.7. The maximum absolute atomic E-state index is 14.9. The van der Waals surface area contributed by atoms with Gasteiger partial charge in [-0.3, -0.25) is 14.4 Å². The average Bonchev–Trinajstić information content (AvgIpc) is 3.63. The summed E-state index contributed by atoms with van der Waals surface area (Å²) in [5.41, 5.74) is 3.49. The molecule has 6 N–H and O–H groups in total. The maximum atomic E-state index is 14.9. The molecule has 2 aromatic rings. The van der Waals surface area contributed by atoms with Gasteiger partial charge in [-0.05, 0) is 36.3 Å². The first kappa shape index (κ1) is 31.0. The number of rotatable bonds is 9. The van der Waals surface area contributed by atoms with Crippen LogP contribution in [0, 0.1) is 5.82 Å². The summed E-state index contributed by atoms with van der Waals surface area (Å²) >= 11 is 0. The Kier molecular flexibility index (Phi) is 9.68. The molecule has 2 saturated heterocycles. The molecule has 0 radical (unpaired) electrons. The van der Waals surface area contributed by atoms with Crippen molar-refractivity contribution < 1.29 is 58.2 Å². The molecule has 14 heteroatoms. The third kappa shape index (κ3) is 7.03. The second kappa shape index (κ2) is 13.4. The number of halogens is 1. The number of carbonyl (C=O) groups excluding carboxylic acids is 2. The zero-order valence-electron chi connectivity index (χ0n) is 23.0. The van der Waals surface area contributed by atoms with Crippen LogP contribution in [0.3, 0.4) is 0 Å². The number of nitrogens with one attached hydrogen (secondary N) is 2. The molecule has 9 atom stereocenters. The van der Waals surface area contributed by atoms with Gasteiger partial charge in [0.2, 0.25) is 12.2 Å². The maximum Gasteiger partial charge on any atom is 0.275 e. The fourth-order valence-electron chi connectivity index (χ4n) is 5.15. The highest BCUT2D eigenvalue weighted by atomic mass is 19.1. The van der Waals surface area contributed by atoms with Gasteiger partial charge in [0, 0.05) is 12.0 Å². The van der Waals surface area contributed by atoms with Crippen molar-refractivity contribution >= 4 is 17.9 Å². The fraction of sp³-hybridized carbons (Fsp3) is 0.448. The summed E-state index contributed by atoms with van der Waals surface area (Å²) < 4.78 is 36.4. The molecule has 3 aliphatic rings. The Balaban J connectivity index is 1.14. The summed E-state index contributed by atoms with van der Waals surface area (Å²) in [6.45, 7) is 1.41. The minimum atomic E-state index is -1.51. The van der Waals surface area contributed by atoms with E-state index in [0.29, 0.717) is 5.56 Å². The molecule has 3 fully saturated rings. The predicted molar refractivity (Wildman–Crippen MR) is 144 cm³/mol. The molecule has 43 heavy (non-hydrogen) atoms. The Morgan fingerprint density at radius 2 is 1.74 bits per heavy atom. The topological polar surface area (TPSA) is 185 Å². The van der Waals surface area contributed by atoms with Gasteiger partial charge in [-0.2, -0.15) is 0 Å². The van der Waals surface area contributed by atoms with Gasteiger partial charge in [0.15, 0.2) is 17.7 Å². The molecule has 2 aromatic carbocycles. The molecule has 2 amide bonds. The van der Waals surface area contributed by atoms with Gasteiger partial charge in [0.25, 0.3) is 5.91 Å². The number of aliphatic hydroxyl groups is 4. The number of amides is 2. The van der Waals surface area contributed by atoms with Crippen molar-refractivity contribution in [1.82, 2.24) is 10.8 Å². The van der Waals surface area contributed by atoms with Crippen LogP contribution in [0.1, 0.15) is 24.5 Å². The smallest absolute Gasteiger partial charge is 0.275 e. The van der Waals surface area contributed by atoms with Gasteiger partial charge in [-0.15, -0.1) is 0 Å². The van der Waals surface area contributed by atoms with Crippen LogP contribution in [-0.4, -0.2) is 94.1 Å². The standard InChI is InChI=1S/C29H33FN2O11/c1-14(28(37)31-21-22(34)24(36)27-26(23(21)35)39-13-40-27)9-16-7-8-19(17(30)10-16)42-20-11-18(33)25(43-20)29(38)32-41-12-15-5-3-2-4-6-15/h2-10,18,20-27,33-36H,11-13H2,1H3,(H,31,37)(H,32,38)/t18-,20+,21+,22?,23+,24?,25-,26-,27?/m0/s1. The molecule has 1 aliphatic carbocycles. The summed E-state index contributed by atoms with van der Waals surface area (Å²) in [7, 11) is 0. The van der Waals surface area contributed by atoms with E-state index in [1.165, 1.54) is 25.1 Å². The molecule has 1 saturated carbocycles. The molecular weight excluding hydrogens is 571 g/mol. The summed E-state index contributed by atoms with van der Waals surface area (Å²) in [5, 5.41) is 44.0. The highest BCUT2D eigenvalue weighted by molar-refractivity contribution is 5.97. The first-order chi connectivity index (χ1) is 20.6. The highest BCUT2D eigenvalue weighted by Gasteiger charge is 2.53. The quantitative estimate of drug-likeness (QED) is 0.162. The first-order valence-electron chi connectivity index (χ1n) is 13.6. The molecule has 0 bridgehead atoms. The van der Waals surface area contributed by atoms with Crippen LogP contribution in [0.5, 0.6) is 5.75 Å². The summed E-state index contributed by atoms with van der Waals surface area (Å²) in [5.74, 6) is -2.37. The second-order valence-electron chi connectivity index (χ2n) is 10.5. The summed E-state index contributed by atoms with van der Waals surface area (Å²) in [6, 6.07) is 11.8. The van der Waals surface area contributed by atoms with Crippen LogP contribution in [0.2, 0.25) is 0 Å². The van der Waals surface area contributed by atoms with Crippen molar-refractivity contribution in [2.45, 2.75) is 75.0 Å². The largest absolute Gasteiger partial charge is 0.462 e. The van der Waals surface area contributed by atoms with Gasteiger partial charge < -0.3 is 44.7 Å². The Hall–Kier alpha value is -3.47. The molecule has 2 heterocycles. The van der Waals surface area contributed by atoms with Gasteiger partial charge >= 0.3 is 0 Å². The minimum Gasteiger partial charge on any atom is -0.462 e. The first-order valence-corrected chi connectivity index (χ1v) is 13.6. The highest BCUT2D eigenvalue weighted by Crippen LogP contribution is 2.31. The van der Waals surface area contributed by atoms with Crippen LogP contribution in [-0.2, 0) is 35.2 Å². The number of aliphatic hydroxyl groups excluding tert-OH is 4. The average molecular weight is 605 g/mol. The van der Waals surface area contributed by atoms with E-state index in [2.05, 4.69) is 10.8 Å². The lowest BCUT2D eigenvalue weighted by atomic mass is 9.83. The van der Waals surface area contributed by atoms with Crippen molar-refractivity contribution in [2.24, 2.45) is 0 Å².